The Balaban J connectivity index is 4.24. The molecule has 0 aromatic carbocycles. The number of nitrogens with zero attached hydrogens (tertiary/aromatic N) is 3. The Bertz CT molecular complexity index is 270. The molecule has 92 valence electrons. The van der Waals surface area contributed by atoms with Crippen LogP contribution in [0.3, 0.4) is 0 Å². The molecule has 0 radical (unpaired) electrons. The van der Waals surface area contributed by atoms with E-state index in [0.717, 1.165) is 13.0 Å². The summed E-state index contributed by atoms with van der Waals surface area (Å²) < 4.78 is 0. The second-order valence-electron chi connectivity index (χ2n) is 4.68. The maximum absolute atomic E-state index is 12.0. The normalized spacial score (nSPS) is 14.3. The number of carbonyl (C=O) groups is 1. The smallest absolute Gasteiger partial charge is 0.242 e. The first kappa shape index (κ1) is 14.9. The average Bonchev–Trinajstić information content (AvgIpc) is 2.26. The molecular formula is C12H23N3O. The molecule has 1 unspecified atom stereocenters. The summed E-state index contributed by atoms with van der Waals surface area (Å²) in [5.41, 5.74) is -0.868. The van der Waals surface area contributed by atoms with Crippen molar-refractivity contribution in [2.24, 2.45) is 5.41 Å². The van der Waals surface area contributed by atoms with E-state index in [2.05, 4.69) is 11.0 Å². The molecule has 0 fully saturated rings. The van der Waals surface area contributed by atoms with E-state index in [1.54, 1.807) is 18.9 Å². The monoisotopic (exact) mass is 225 g/mol. The Labute approximate surface area is 98.8 Å². The van der Waals surface area contributed by atoms with Crippen LogP contribution in [0.5, 0.6) is 0 Å². The topological polar surface area (TPSA) is 47.3 Å². The van der Waals surface area contributed by atoms with Crippen molar-refractivity contribution in [3.63, 3.8) is 0 Å². The second kappa shape index (κ2) is 6.49. The number of carbonyl (C=O) groups excluding carboxylic acids is 1. The third-order valence-electron chi connectivity index (χ3n) is 2.87. The summed E-state index contributed by atoms with van der Waals surface area (Å²) in [6, 6.07) is 2.11. The molecule has 1 atom stereocenters. The number of hydrogen-bond acceptors (Lipinski definition) is 3. The molecule has 16 heavy (non-hydrogen) atoms. The first-order valence-corrected chi connectivity index (χ1v) is 5.69. The van der Waals surface area contributed by atoms with Crippen molar-refractivity contribution < 1.29 is 4.79 Å². The van der Waals surface area contributed by atoms with Crippen LogP contribution in [-0.2, 0) is 4.79 Å². The van der Waals surface area contributed by atoms with E-state index in [9.17, 15) is 4.79 Å². The minimum Gasteiger partial charge on any atom is -0.344 e. The van der Waals surface area contributed by atoms with Crippen molar-refractivity contribution in [2.75, 3.05) is 34.2 Å². The minimum atomic E-state index is -0.868. The summed E-state index contributed by atoms with van der Waals surface area (Å²) >= 11 is 0. The highest BCUT2D eigenvalue weighted by Crippen LogP contribution is 2.22. The van der Waals surface area contributed by atoms with Crippen LogP contribution < -0.4 is 0 Å². The van der Waals surface area contributed by atoms with Crippen LogP contribution in [0.15, 0.2) is 0 Å². The van der Waals surface area contributed by atoms with E-state index in [4.69, 9.17) is 5.26 Å². The molecule has 4 nitrogen and oxygen atoms in total. The zero-order valence-electron chi connectivity index (χ0n) is 11.1. The quantitative estimate of drug-likeness (QED) is 0.685. The second-order valence-corrected chi connectivity index (χ2v) is 4.68. The number of nitriles is 1. The third kappa shape index (κ3) is 4.19. The molecule has 0 aromatic heterocycles. The molecule has 0 aromatic rings. The van der Waals surface area contributed by atoms with Crippen molar-refractivity contribution in [1.82, 2.24) is 9.80 Å². The lowest BCUT2D eigenvalue weighted by Crippen LogP contribution is -2.40. The third-order valence-corrected chi connectivity index (χ3v) is 2.87. The zero-order chi connectivity index (χ0) is 12.8. The largest absolute Gasteiger partial charge is 0.344 e. The summed E-state index contributed by atoms with van der Waals surface area (Å²) in [4.78, 5) is 15.7. The van der Waals surface area contributed by atoms with Crippen molar-refractivity contribution in [3.05, 3.63) is 0 Å². The summed E-state index contributed by atoms with van der Waals surface area (Å²) in [7, 11) is 5.78. The molecule has 0 N–H and O–H groups in total. The van der Waals surface area contributed by atoms with E-state index in [1.165, 1.54) is 0 Å². The van der Waals surface area contributed by atoms with Crippen LogP contribution in [0.25, 0.3) is 0 Å². The van der Waals surface area contributed by atoms with Gasteiger partial charge in [0.25, 0.3) is 0 Å². The maximum atomic E-state index is 12.0. The lowest BCUT2D eigenvalue weighted by Gasteiger charge is -2.26. The first-order valence-electron chi connectivity index (χ1n) is 5.69. The molecule has 0 saturated heterocycles. The fourth-order valence-electron chi connectivity index (χ4n) is 1.43. The molecule has 0 aliphatic carbocycles. The van der Waals surface area contributed by atoms with Crippen LogP contribution >= 0.6 is 0 Å². The highest BCUT2D eigenvalue weighted by atomic mass is 16.2. The lowest BCUT2D eigenvalue weighted by molar-refractivity contribution is -0.137. The van der Waals surface area contributed by atoms with Gasteiger partial charge in [0.05, 0.1) is 6.07 Å². The molecule has 0 aliphatic heterocycles. The molecule has 0 saturated carbocycles. The molecule has 0 spiro atoms. The van der Waals surface area contributed by atoms with Crippen LogP contribution in [0.2, 0.25) is 0 Å². The summed E-state index contributed by atoms with van der Waals surface area (Å²) in [6.07, 6.45) is 1.49. The van der Waals surface area contributed by atoms with Gasteiger partial charge in [0.15, 0.2) is 0 Å². The molecule has 0 rings (SSSR count). The molecule has 4 heteroatoms. The highest BCUT2D eigenvalue weighted by Gasteiger charge is 2.33. The van der Waals surface area contributed by atoms with Gasteiger partial charge in [0.1, 0.15) is 5.41 Å². The predicted octanol–water partition coefficient (Wildman–Crippen LogP) is 1.34. The molecule has 1 amide bonds. The van der Waals surface area contributed by atoms with Gasteiger partial charge >= 0.3 is 0 Å². The van der Waals surface area contributed by atoms with Crippen LogP contribution in [-0.4, -0.2) is 49.9 Å². The van der Waals surface area contributed by atoms with Crippen molar-refractivity contribution in [3.8, 4) is 6.07 Å². The predicted molar refractivity (Wildman–Crippen MR) is 64.8 cm³/mol. The highest BCUT2D eigenvalue weighted by molar-refractivity contribution is 5.84. The number of hydrogen-bond donors (Lipinski definition) is 0. The number of rotatable bonds is 6. The van der Waals surface area contributed by atoms with E-state index in [0.29, 0.717) is 13.0 Å². The summed E-state index contributed by atoms with van der Waals surface area (Å²) in [6.45, 7) is 5.23. The minimum absolute atomic E-state index is 0.0729. The van der Waals surface area contributed by atoms with Gasteiger partial charge in [0, 0.05) is 13.6 Å². The molecule has 0 aliphatic rings. The van der Waals surface area contributed by atoms with Gasteiger partial charge in [-0.05, 0) is 40.4 Å². The van der Waals surface area contributed by atoms with Gasteiger partial charge in [-0.25, -0.2) is 0 Å². The van der Waals surface area contributed by atoms with Crippen LogP contribution in [0.1, 0.15) is 26.7 Å². The molecular weight excluding hydrogens is 202 g/mol. The average molecular weight is 225 g/mol. The zero-order valence-corrected chi connectivity index (χ0v) is 11.1. The Hall–Kier alpha value is -1.08. The van der Waals surface area contributed by atoms with Crippen molar-refractivity contribution >= 4 is 5.91 Å². The Morgan fingerprint density at radius 2 is 1.88 bits per heavy atom. The van der Waals surface area contributed by atoms with Gasteiger partial charge in [-0.2, -0.15) is 5.26 Å². The lowest BCUT2D eigenvalue weighted by atomic mass is 9.88. The van der Waals surface area contributed by atoms with E-state index in [1.807, 2.05) is 21.0 Å². The van der Waals surface area contributed by atoms with Gasteiger partial charge in [-0.3, -0.25) is 4.79 Å². The van der Waals surface area contributed by atoms with Crippen LogP contribution in [0.4, 0.5) is 0 Å². The fourth-order valence-corrected chi connectivity index (χ4v) is 1.43. The Morgan fingerprint density at radius 1 is 1.31 bits per heavy atom. The SMILES string of the molecule is CCC(C)(C#N)C(=O)N(C)CCCN(C)C. The molecule has 0 heterocycles. The van der Waals surface area contributed by atoms with Crippen molar-refractivity contribution in [2.45, 2.75) is 26.7 Å². The van der Waals surface area contributed by atoms with E-state index >= 15 is 0 Å². The summed E-state index contributed by atoms with van der Waals surface area (Å²) in [5, 5.41) is 9.01. The summed E-state index contributed by atoms with van der Waals surface area (Å²) in [5.74, 6) is -0.0729. The first-order chi connectivity index (χ1) is 7.37. The Kier molecular flexibility index (Phi) is 6.05. The van der Waals surface area contributed by atoms with Gasteiger partial charge in [-0.1, -0.05) is 6.92 Å². The standard InChI is InChI=1S/C12H23N3O/c1-6-12(2,10-13)11(16)15(5)9-7-8-14(3)4/h6-9H2,1-5H3. The van der Waals surface area contributed by atoms with Crippen LogP contribution in [0, 0.1) is 16.7 Å². The Morgan fingerprint density at radius 3 is 2.25 bits per heavy atom. The fraction of sp³-hybridized carbons (Fsp3) is 0.833. The maximum Gasteiger partial charge on any atom is 0.242 e. The van der Waals surface area contributed by atoms with E-state index in [-0.39, 0.29) is 5.91 Å². The van der Waals surface area contributed by atoms with Gasteiger partial charge in [-0.15, -0.1) is 0 Å². The van der Waals surface area contributed by atoms with E-state index < -0.39 is 5.41 Å². The molecule has 0 bridgehead atoms. The number of amides is 1. The van der Waals surface area contributed by atoms with Gasteiger partial charge in [0.2, 0.25) is 5.91 Å². The van der Waals surface area contributed by atoms with Crippen molar-refractivity contribution in [1.29, 1.82) is 5.26 Å². The van der Waals surface area contributed by atoms with Gasteiger partial charge < -0.3 is 9.80 Å².